The van der Waals surface area contributed by atoms with Crippen molar-refractivity contribution in [1.29, 1.82) is 0 Å². The summed E-state index contributed by atoms with van der Waals surface area (Å²) in [7, 11) is -3.52. The van der Waals surface area contributed by atoms with Gasteiger partial charge < -0.3 is 0 Å². The van der Waals surface area contributed by atoms with E-state index in [1.807, 2.05) is 0 Å². The van der Waals surface area contributed by atoms with Gasteiger partial charge in [0.1, 0.15) is 10.6 Å². The van der Waals surface area contributed by atoms with Crippen LogP contribution in [0.3, 0.4) is 0 Å². The minimum Gasteiger partial charge on any atom is -0.263 e. The highest BCUT2D eigenvalue weighted by atomic mass is 32.2. The molecule has 26 heavy (non-hydrogen) atoms. The predicted octanol–water partition coefficient (Wildman–Crippen LogP) is 3.06. The highest BCUT2D eigenvalue weighted by Gasteiger charge is 2.55. The van der Waals surface area contributed by atoms with Crippen LogP contribution in [0.1, 0.15) is 30.0 Å². The topological polar surface area (TPSA) is 63.2 Å². The molecule has 0 unspecified atom stereocenters. The molecule has 2 fully saturated rings. The molecule has 4 rings (SSSR count). The van der Waals surface area contributed by atoms with Gasteiger partial charge in [-0.25, -0.2) is 8.42 Å². The summed E-state index contributed by atoms with van der Waals surface area (Å²) in [4.78, 5) is 7.52. The van der Waals surface area contributed by atoms with Gasteiger partial charge in [-0.3, -0.25) is 9.97 Å². The molecule has 1 saturated carbocycles. The van der Waals surface area contributed by atoms with Crippen molar-refractivity contribution in [3.8, 4) is 0 Å². The van der Waals surface area contributed by atoms with Gasteiger partial charge in [0.2, 0.25) is 10.0 Å². The zero-order valence-corrected chi connectivity index (χ0v) is 14.5. The van der Waals surface area contributed by atoms with Crippen molar-refractivity contribution in [3.63, 3.8) is 0 Å². The maximum absolute atomic E-state index is 12.6. The van der Waals surface area contributed by atoms with E-state index < -0.39 is 21.9 Å². The van der Waals surface area contributed by atoms with Gasteiger partial charge in [-0.2, -0.15) is 17.5 Å². The Hall–Kier alpha value is -2.00. The molecule has 1 spiro atoms. The molecule has 1 aliphatic carbocycles. The second kappa shape index (κ2) is 5.75. The van der Waals surface area contributed by atoms with Gasteiger partial charge in [0.05, 0.1) is 0 Å². The fourth-order valence-electron chi connectivity index (χ4n) is 3.81. The summed E-state index contributed by atoms with van der Waals surface area (Å²) < 4.78 is 64.1. The first kappa shape index (κ1) is 17.4. The van der Waals surface area contributed by atoms with Crippen molar-refractivity contribution >= 4 is 10.0 Å². The second-order valence-corrected chi connectivity index (χ2v) is 8.98. The fraction of sp³-hybridized carbons (Fsp3) is 0.412. The zero-order chi connectivity index (χ0) is 18.6. The number of hydrogen-bond acceptors (Lipinski definition) is 4. The maximum atomic E-state index is 12.6. The van der Waals surface area contributed by atoms with E-state index in [0.29, 0.717) is 13.1 Å². The summed E-state index contributed by atoms with van der Waals surface area (Å²) >= 11 is 0. The molecule has 2 aliphatic rings. The standard InChI is InChI=1S/C17H16F3N3O2S/c18-17(19,20)15-4-3-12(8-22-15)13-6-16(7-13)10-23(11-16)26(24,25)14-2-1-5-21-9-14/h1-5,8-9,13H,6-7,10-11H2. The molecule has 1 saturated heterocycles. The van der Waals surface area contributed by atoms with E-state index in [1.54, 1.807) is 6.07 Å². The summed E-state index contributed by atoms with van der Waals surface area (Å²) in [5.41, 5.74) is -0.187. The lowest BCUT2D eigenvalue weighted by Crippen LogP contribution is -2.63. The van der Waals surface area contributed by atoms with Crippen molar-refractivity contribution in [1.82, 2.24) is 14.3 Å². The molecule has 3 heterocycles. The van der Waals surface area contributed by atoms with Crippen LogP contribution in [-0.4, -0.2) is 35.8 Å². The number of rotatable bonds is 3. The summed E-state index contributed by atoms with van der Waals surface area (Å²) in [6, 6.07) is 5.57. The third-order valence-electron chi connectivity index (χ3n) is 5.20. The molecule has 0 atom stereocenters. The molecular formula is C17H16F3N3O2S. The first-order chi connectivity index (χ1) is 12.2. The molecule has 0 radical (unpaired) electrons. The number of pyridine rings is 2. The van der Waals surface area contributed by atoms with E-state index in [1.165, 1.54) is 35.0 Å². The predicted molar refractivity (Wildman–Crippen MR) is 86.6 cm³/mol. The van der Waals surface area contributed by atoms with Crippen LogP contribution in [0.15, 0.2) is 47.8 Å². The van der Waals surface area contributed by atoms with E-state index >= 15 is 0 Å². The first-order valence-electron chi connectivity index (χ1n) is 8.13. The van der Waals surface area contributed by atoms with Crippen LogP contribution < -0.4 is 0 Å². The molecule has 2 aromatic rings. The van der Waals surface area contributed by atoms with E-state index in [-0.39, 0.29) is 16.2 Å². The molecule has 9 heteroatoms. The van der Waals surface area contributed by atoms with Gasteiger partial charge in [-0.15, -0.1) is 0 Å². The SMILES string of the molecule is O=S(=O)(c1cccnc1)N1CC2(CC(c3ccc(C(F)(F)F)nc3)C2)C1. The third-order valence-corrected chi connectivity index (χ3v) is 6.98. The lowest BCUT2D eigenvalue weighted by atomic mass is 9.57. The Bertz CT molecular complexity index is 901. The molecular weight excluding hydrogens is 367 g/mol. The number of aromatic nitrogens is 2. The van der Waals surface area contributed by atoms with Gasteiger partial charge in [0.25, 0.3) is 0 Å². The van der Waals surface area contributed by atoms with Gasteiger partial charge in [0.15, 0.2) is 0 Å². The Kier molecular flexibility index (Phi) is 3.85. The fourth-order valence-corrected chi connectivity index (χ4v) is 5.44. The van der Waals surface area contributed by atoms with Crippen LogP contribution in [0.25, 0.3) is 0 Å². The first-order valence-corrected chi connectivity index (χ1v) is 9.57. The number of nitrogens with zero attached hydrogens (tertiary/aromatic N) is 3. The monoisotopic (exact) mass is 383 g/mol. The highest BCUT2D eigenvalue weighted by molar-refractivity contribution is 7.89. The summed E-state index contributed by atoms with van der Waals surface area (Å²) in [5, 5.41) is 0. The van der Waals surface area contributed by atoms with E-state index in [9.17, 15) is 21.6 Å². The Morgan fingerprint density at radius 3 is 2.38 bits per heavy atom. The van der Waals surface area contributed by atoms with Crippen molar-refractivity contribution in [3.05, 3.63) is 54.1 Å². The number of hydrogen-bond donors (Lipinski definition) is 0. The molecule has 0 aromatic carbocycles. The summed E-state index contributed by atoms with van der Waals surface area (Å²) in [5.74, 6) is 0.132. The Balaban J connectivity index is 1.38. The lowest BCUT2D eigenvalue weighted by molar-refractivity contribution is -0.141. The molecule has 0 bridgehead atoms. The largest absolute Gasteiger partial charge is 0.433 e. The number of sulfonamides is 1. The quantitative estimate of drug-likeness (QED) is 0.817. The smallest absolute Gasteiger partial charge is 0.263 e. The lowest BCUT2D eigenvalue weighted by Gasteiger charge is -2.58. The highest BCUT2D eigenvalue weighted by Crippen LogP contribution is 2.56. The third kappa shape index (κ3) is 2.88. The van der Waals surface area contributed by atoms with Crippen molar-refractivity contribution < 1.29 is 21.6 Å². The zero-order valence-electron chi connectivity index (χ0n) is 13.6. The van der Waals surface area contributed by atoms with E-state index in [0.717, 1.165) is 24.5 Å². The van der Waals surface area contributed by atoms with E-state index in [2.05, 4.69) is 9.97 Å². The van der Waals surface area contributed by atoms with Crippen molar-refractivity contribution in [2.75, 3.05) is 13.1 Å². The summed E-state index contributed by atoms with van der Waals surface area (Å²) in [6.07, 6.45) is 1.22. The average molecular weight is 383 g/mol. The van der Waals surface area contributed by atoms with E-state index in [4.69, 9.17) is 0 Å². The Morgan fingerprint density at radius 2 is 1.85 bits per heavy atom. The van der Waals surface area contributed by atoms with Crippen LogP contribution in [0.4, 0.5) is 13.2 Å². The van der Waals surface area contributed by atoms with Crippen molar-refractivity contribution in [2.24, 2.45) is 5.41 Å². The molecule has 0 amide bonds. The molecule has 0 N–H and O–H groups in total. The van der Waals surface area contributed by atoms with Crippen LogP contribution in [-0.2, 0) is 16.2 Å². The van der Waals surface area contributed by atoms with Crippen LogP contribution in [0, 0.1) is 5.41 Å². The van der Waals surface area contributed by atoms with Gasteiger partial charge in [-0.1, -0.05) is 6.07 Å². The molecule has 138 valence electrons. The average Bonchev–Trinajstić information content (AvgIpc) is 2.52. The molecule has 1 aliphatic heterocycles. The van der Waals surface area contributed by atoms with Crippen molar-refractivity contribution in [2.45, 2.75) is 29.8 Å². The van der Waals surface area contributed by atoms with Crippen LogP contribution >= 0.6 is 0 Å². The van der Waals surface area contributed by atoms with Crippen LogP contribution in [0.5, 0.6) is 0 Å². The minimum atomic E-state index is -4.44. The Morgan fingerprint density at radius 1 is 1.12 bits per heavy atom. The van der Waals surface area contributed by atoms with Gasteiger partial charge >= 0.3 is 6.18 Å². The van der Waals surface area contributed by atoms with Crippen LogP contribution in [0.2, 0.25) is 0 Å². The molecule has 2 aromatic heterocycles. The minimum absolute atomic E-state index is 0.0668. The normalized spacial score (nSPS) is 20.6. The number of alkyl halides is 3. The summed E-state index contributed by atoms with van der Waals surface area (Å²) in [6.45, 7) is 0.879. The Labute approximate surface area is 148 Å². The second-order valence-electron chi connectivity index (χ2n) is 7.04. The number of halogens is 3. The van der Waals surface area contributed by atoms with Gasteiger partial charge in [-0.05, 0) is 47.9 Å². The van der Waals surface area contributed by atoms with Gasteiger partial charge in [0, 0.05) is 31.7 Å². The maximum Gasteiger partial charge on any atom is 0.433 e. The molecule has 5 nitrogen and oxygen atoms in total.